The van der Waals surface area contributed by atoms with Crippen LogP contribution in [0.4, 0.5) is 0 Å². The van der Waals surface area contributed by atoms with Crippen LogP contribution in [0.15, 0.2) is 174 Å². The lowest BCUT2D eigenvalue weighted by Gasteiger charge is -2.21. The first-order valence-electron chi connectivity index (χ1n) is 29.2. The van der Waals surface area contributed by atoms with E-state index in [0.29, 0.717) is 0 Å². The molecule has 9 heteroatoms. The van der Waals surface area contributed by atoms with Gasteiger partial charge in [-0.2, -0.15) is 11.8 Å². The lowest BCUT2D eigenvalue weighted by atomic mass is 9.95. The molecule has 0 amide bonds. The van der Waals surface area contributed by atoms with Crippen LogP contribution in [0.1, 0.15) is 131 Å². The molecule has 0 aliphatic heterocycles. The van der Waals surface area contributed by atoms with Crippen LogP contribution in [0.2, 0.25) is 0 Å². The number of nitrogens with one attached hydrogen (secondary N) is 7. The summed E-state index contributed by atoms with van der Waals surface area (Å²) in [5.41, 5.74) is 2.73. The average molecular weight is 1090 g/mol. The van der Waals surface area contributed by atoms with Gasteiger partial charge in [0.1, 0.15) is 0 Å². The quantitative estimate of drug-likeness (QED) is 0.0245. The fourth-order valence-corrected chi connectivity index (χ4v) is 5.64. The molecule has 0 bridgehead atoms. The molecule has 1 atom stereocenters. The number of hydrogen-bond donors (Lipinski definition) is 8. The third kappa shape index (κ3) is 94.9. The molecule has 0 aliphatic carbocycles. The van der Waals surface area contributed by atoms with Crippen LogP contribution in [-0.2, 0) is 13.0 Å². The van der Waals surface area contributed by atoms with Gasteiger partial charge in [0.2, 0.25) is 0 Å². The first-order chi connectivity index (χ1) is 37.5. The van der Waals surface area contributed by atoms with E-state index in [2.05, 4.69) is 171 Å². The van der Waals surface area contributed by atoms with Crippen LogP contribution in [0, 0.1) is 11.3 Å². The van der Waals surface area contributed by atoms with Gasteiger partial charge in [0.15, 0.2) is 0 Å². The number of aliphatic hydroxyl groups excluding tert-OH is 1. The third-order valence-corrected chi connectivity index (χ3v) is 10.7. The Morgan fingerprint density at radius 3 is 1.34 bits per heavy atom. The van der Waals surface area contributed by atoms with Gasteiger partial charge in [-0.15, -0.1) is 52.6 Å². The van der Waals surface area contributed by atoms with Gasteiger partial charge in [0.05, 0.1) is 0 Å². The Bertz CT molecular complexity index is 1440. The molecule has 8 N–H and O–H groups in total. The third-order valence-electron chi connectivity index (χ3n) is 9.99. The lowest BCUT2D eigenvalue weighted by molar-refractivity contribution is 0.157. The van der Waals surface area contributed by atoms with Crippen molar-refractivity contribution in [3.05, 3.63) is 185 Å². The van der Waals surface area contributed by atoms with Crippen molar-refractivity contribution in [2.24, 2.45) is 11.3 Å². The van der Waals surface area contributed by atoms with Crippen LogP contribution >= 0.6 is 11.8 Å². The molecule has 0 spiro atoms. The summed E-state index contributed by atoms with van der Waals surface area (Å²) in [6.45, 7) is 62.1. The van der Waals surface area contributed by atoms with Crippen molar-refractivity contribution in [1.82, 2.24) is 37.2 Å². The SMILES string of the molecule is C=CCCNC/C=C\C.C=CCCNCC(C)(C)CO.C=CCCNCC(C)CC.C=CCCNCC=C.C=CCCNCCCSC.C=CCCNCCc1ccccc1.C=CCCNCc1ccccc1.CC.CC. The summed E-state index contributed by atoms with van der Waals surface area (Å²) >= 11 is 1.91. The normalized spacial score (nSPS) is 10.0. The summed E-state index contributed by atoms with van der Waals surface area (Å²) in [4.78, 5) is 0. The lowest BCUT2D eigenvalue weighted by Crippen LogP contribution is -2.32. The summed E-state index contributed by atoms with van der Waals surface area (Å²) in [5.74, 6) is 2.07. The fourth-order valence-electron chi connectivity index (χ4n) is 5.21. The van der Waals surface area contributed by atoms with Crippen LogP contribution in [0.3, 0.4) is 0 Å². The highest BCUT2D eigenvalue weighted by atomic mass is 32.2. The molecule has 0 aromatic heterocycles. The topological polar surface area (TPSA) is 104 Å². The Labute approximate surface area is 485 Å². The second-order valence-electron chi connectivity index (χ2n) is 17.8. The van der Waals surface area contributed by atoms with Crippen molar-refractivity contribution < 1.29 is 5.11 Å². The van der Waals surface area contributed by atoms with Crippen molar-refractivity contribution in [3.63, 3.8) is 0 Å². The molecule has 77 heavy (non-hydrogen) atoms. The molecule has 0 saturated carbocycles. The van der Waals surface area contributed by atoms with Gasteiger partial charge in [0, 0.05) is 38.2 Å². The van der Waals surface area contributed by atoms with E-state index in [0.717, 1.165) is 149 Å². The van der Waals surface area contributed by atoms with Gasteiger partial charge in [-0.05, 0) is 159 Å². The Balaban J connectivity index is -0.000000148. The summed E-state index contributed by atoms with van der Waals surface area (Å²) < 4.78 is 0. The Kier molecular flexibility index (Phi) is 97.2. The number of thioether (sulfide) groups is 1. The van der Waals surface area contributed by atoms with Crippen LogP contribution < -0.4 is 37.2 Å². The predicted molar refractivity (Wildman–Crippen MR) is 360 cm³/mol. The van der Waals surface area contributed by atoms with E-state index in [1.54, 1.807) is 0 Å². The standard InChI is InChI=1S/C12H17N.C11H15N.C9H19NO.C9H19N.C8H17NS.C8H15N.C7H13N.2C2H6/c1-2-3-10-13-11-9-12-7-5-4-6-8-12;1-2-3-9-12-10-11-7-5-4-6-8-11;1-4-5-6-10-7-9(2,3)8-11;1-4-6-7-10-8-9(3)5-2;1-3-4-6-9-7-5-8-10-2;1-3-5-7-9-8-6-4-2;1-3-5-7-8-6-4-2;2*1-2/h2,4-8,13H,1,3,9-11H2;2,4-8,12H,1,3,9-10H2;4,10-11H,1,5-8H2,2-3H3;4,9-10H,1,5-8H2,2-3H3;3,9H,1,4-8H2,2H3;3-4,6,9H,1,5,7-8H2,2H3;3-4,8H,1-2,5-7H2;2*1-2H3/b;;;;;6-4-;;;. The molecule has 8 nitrogen and oxygen atoms in total. The molecular weight excluding hydrogens is 963 g/mol. The minimum absolute atomic E-state index is 0.00116. The summed E-state index contributed by atoms with van der Waals surface area (Å²) in [5, 5.41) is 31.9. The zero-order valence-corrected chi connectivity index (χ0v) is 52.8. The summed E-state index contributed by atoms with van der Waals surface area (Å²) in [6, 6.07) is 20.9. The van der Waals surface area contributed by atoms with E-state index >= 15 is 0 Å². The summed E-state index contributed by atoms with van der Waals surface area (Å²) in [6.07, 6.45) is 32.6. The number of benzene rings is 2. The molecular formula is C68H127N7OS. The molecule has 2 rings (SSSR count). The Morgan fingerprint density at radius 2 is 0.922 bits per heavy atom. The Morgan fingerprint density at radius 1 is 0.519 bits per heavy atom. The van der Waals surface area contributed by atoms with E-state index in [9.17, 15) is 0 Å². The first-order valence-corrected chi connectivity index (χ1v) is 30.5. The zero-order valence-electron chi connectivity index (χ0n) is 52.0. The first kappa shape index (κ1) is 87.0. The number of aliphatic hydroxyl groups is 1. The van der Waals surface area contributed by atoms with E-state index in [4.69, 9.17) is 5.11 Å². The van der Waals surface area contributed by atoms with Crippen LogP contribution in [0.5, 0.6) is 0 Å². The molecule has 0 fully saturated rings. The number of hydrogen-bond acceptors (Lipinski definition) is 9. The van der Waals surface area contributed by atoms with Gasteiger partial charge in [-0.1, -0.05) is 183 Å². The maximum atomic E-state index is 8.89. The largest absolute Gasteiger partial charge is 0.396 e. The van der Waals surface area contributed by atoms with E-state index in [1.807, 2.05) is 121 Å². The maximum absolute atomic E-state index is 8.89. The molecule has 0 heterocycles. The monoisotopic (exact) mass is 1090 g/mol. The minimum atomic E-state index is 0.00116. The van der Waals surface area contributed by atoms with E-state index in [-0.39, 0.29) is 12.0 Å². The molecule has 0 saturated heterocycles. The van der Waals surface area contributed by atoms with Gasteiger partial charge in [-0.3, -0.25) is 0 Å². The smallest absolute Gasteiger partial charge is 0.0494 e. The van der Waals surface area contributed by atoms with Crippen molar-refractivity contribution in [1.29, 1.82) is 0 Å². The second kappa shape index (κ2) is 86.0. The molecule has 0 radical (unpaired) electrons. The van der Waals surface area contributed by atoms with Crippen LogP contribution in [-0.4, -0.2) is 109 Å². The number of rotatable bonds is 40. The Hall–Kier alpha value is -3.87. The highest BCUT2D eigenvalue weighted by molar-refractivity contribution is 7.98. The van der Waals surface area contributed by atoms with Crippen molar-refractivity contribution in [2.75, 3.05) is 104 Å². The highest BCUT2D eigenvalue weighted by Gasteiger charge is 2.14. The molecule has 446 valence electrons. The van der Waals surface area contributed by atoms with Crippen LogP contribution in [0.25, 0.3) is 0 Å². The molecule has 2 aromatic carbocycles. The van der Waals surface area contributed by atoms with E-state index in [1.165, 1.54) is 29.7 Å². The minimum Gasteiger partial charge on any atom is -0.396 e. The van der Waals surface area contributed by atoms with Crippen molar-refractivity contribution in [3.8, 4) is 0 Å². The van der Waals surface area contributed by atoms with Gasteiger partial charge in [0.25, 0.3) is 0 Å². The zero-order chi connectivity index (χ0) is 59.4. The molecule has 2 aromatic rings. The number of allylic oxidation sites excluding steroid dienone is 1. The summed E-state index contributed by atoms with van der Waals surface area (Å²) in [7, 11) is 0. The molecule has 0 aliphatic rings. The second-order valence-corrected chi connectivity index (χ2v) is 18.8. The van der Waals surface area contributed by atoms with Crippen molar-refractivity contribution >= 4 is 11.8 Å². The van der Waals surface area contributed by atoms with Gasteiger partial charge >= 0.3 is 0 Å². The molecule has 1 unspecified atom stereocenters. The highest BCUT2D eigenvalue weighted by Crippen LogP contribution is 2.10. The fraction of sp³-hybridized carbons (Fsp3) is 0.559. The van der Waals surface area contributed by atoms with Gasteiger partial charge < -0.3 is 42.3 Å². The average Bonchev–Trinajstić information content (AvgIpc) is 3.47. The van der Waals surface area contributed by atoms with Gasteiger partial charge in [-0.25, -0.2) is 0 Å². The van der Waals surface area contributed by atoms with Crippen molar-refractivity contribution in [2.45, 2.75) is 133 Å². The maximum Gasteiger partial charge on any atom is 0.0494 e. The van der Waals surface area contributed by atoms with E-state index < -0.39 is 0 Å². The predicted octanol–water partition coefficient (Wildman–Crippen LogP) is 15.1.